The van der Waals surface area contributed by atoms with Crippen molar-refractivity contribution >= 4 is 16.8 Å². The Balaban J connectivity index is 2.04. The van der Waals surface area contributed by atoms with Gasteiger partial charge in [-0.05, 0) is 30.2 Å². The van der Waals surface area contributed by atoms with E-state index in [4.69, 9.17) is 5.11 Å². The number of rotatable bonds is 5. The van der Waals surface area contributed by atoms with E-state index in [2.05, 4.69) is 0 Å². The molecular weight excluding hydrogens is 272 g/mol. The predicted octanol–water partition coefficient (Wildman–Crippen LogP) is 3.14. The van der Waals surface area contributed by atoms with Crippen LogP contribution in [0.4, 0.5) is 0 Å². The first-order chi connectivity index (χ1) is 9.54. The second-order valence-electron chi connectivity index (χ2n) is 4.72. The molecule has 0 saturated heterocycles. The van der Waals surface area contributed by atoms with Gasteiger partial charge in [0, 0.05) is 22.3 Å². The third-order valence-corrected chi connectivity index (χ3v) is 4.22. The van der Waals surface area contributed by atoms with Gasteiger partial charge in [-0.1, -0.05) is 42.0 Å². The zero-order valence-corrected chi connectivity index (χ0v) is 12.0. The zero-order chi connectivity index (χ0) is 14.5. The molecule has 0 radical (unpaired) electrons. The smallest absolute Gasteiger partial charge is 0.335 e. The molecule has 20 heavy (non-hydrogen) atoms. The first kappa shape index (κ1) is 14.5. The summed E-state index contributed by atoms with van der Waals surface area (Å²) in [5, 5.41) is 8.93. The Kier molecular flexibility index (Phi) is 4.69. The second-order valence-corrected chi connectivity index (χ2v) is 6.18. The Morgan fingerprint density at radius 1 is 1.05 bits per heavy atom. The van der Waals surface area contributed by atoms with Crippen LogP contribution in [0.15, 0.2) is 48.5 Å². The van der Waals surface area contributed by atoms with Crippen LogP contribution in [0.3, 0.4) is 0 Å². The molecule has 104 valence electrons. The molecule has 1 atom stereocenters. The molecule has 0 aliphatic heterocycles. The van der Waals surface area contributed by atoms with Crippen molar-refractivity contribution < 1.29 is 14.1 Å². The van der Waals surface area contributed by atoms with E-state index >= 15 is 0 Å². The molecule has 2 rings (SSSR count). The topological polar surface area (TPSA) is 54.4 Å². The highest BCUT2D eigenvalue weighted by atomic mass is 32.2. The van der Waals surface area contributed by atoms with E-state index in [0.29, 0.717) is 11.5 Å². The van der Waals surface area contributed by atoms with Gasteiger partial charge < -0.3 is 5.11 Å². The lowest BCUT2D eigenvalue weighted by molar-refractivity contribution is 0.0696. The van der Waals surface area contributed by atoms with Gasteiger partial charge in [-0.2, -0.15) is 0 Å². The molecule has 0 aromatic heterocycles. The number of aromatic carboxylic acids is 1. The maximum atomic E-state index is 12.1. The van der Waals surface area contributed by atoms with Crippen molar-refractivity contribution in [1.82, 2.24) is 0 Å². The van der Waals surface area contributed by atoms with Gasteiger partial charge in [0.2, 0.25) is 0 Å². The van der Waals surface area contributed by atoms with Gasteiger partial charge in [0.1, 0.15) is 0 Å². The lowest BCUT2D eigenvalue weighted by Gasteiger charge is -2.05. The van der Waals surface area contributed by atoms with Crippen molar-refractivity contribution in [1.29, 1.82) is 0 Å². The number of carboxylic acids is 1. The van der Waals surface area contributed by atoms with Gasteiger partial charge in [-0.25, -0.2) is 4.79 Å². The first-order valence-corrected chi connectivity index (χ1v) is 7.76. The van der Waals surface area contributed by atoms with Crippen molar-refractivity contribution in [2.45, 2.75) is 18.4 Å². The highest BCUT2D eigenvalue weighted by molar-refractivity contribution is 7.83. The average molecular weight is 288 g/mol. The van der Waals surface area contributed by atoms with Gasteiger partial charge in [-0.15, -0.1) is 0 Å². The number of benzene rings is 2. The van der Waals surface area contributed by atoms with Crippen LogP contribution < -0.4 is 0 Å². The van der Waals surface area contributed by atoms with Crippen LogP contribution in [0.5, 0.6) is 0 Å². The van der Waals surface area contributed by atoms with Crippen molar-refractivity contribution in [3.05, 3.63) is 70.8 Å². The molecule has 0 aliphatic rings. The summed E-state index contributed by atoms with van der Waals surface area (Å²) in [5.74, 6) is -0.107. The van der Waals surface area contributed by atoms with Gasteiger partial charge in [-0.3, -0.25) is 4.21 Å². The molecule has 0 fully saturated rings. The van der Waals surface area contributed by atoms with Gasteiger partial charge in [0.05, 0.1) is 5.56 Å². The Morgan fingerprint density at radius 3 is 2.25 bits per heavy atom. The normalized spacial score (nSPS) is 12.1. The Labute approximate surface area is 120 Å². The SMILES string of the molecule is Cc1cccc(CS(=O)Cc2cccc(C(=O)O)c2)c1. The maximum absolute atomic E-state index is 12.1. The van der Waals surface area contributed by atoms with Gasteiger partial charge in [0.25, 0.3) is 0 Å². The summed E-state index contributed by atoms with van der Waals surface area (Å²) in [6, 6.07) is 14.5. The minimum atomic E-state index is -1.04. The van der Waals surface area contributed by atoms with Crippen molar-refractivity contribution in [2.75, 3.05) is 0 Å². The quantitative estimate of drug-likeness (QED) is 0.919. The summed E-state index contributed by atoms with van der Waals surface area (Å²) in [7, 11) is -1.04. The van der Waals surface area contributed by atoms with Crippen LogP contribution in [0.1, 0.15) is 27.0 Å². The fourth-order valence-electron chi connectivity index (χ4n) is 2.02. The van der Waals surface area contributed by atoms with Crippen LogP contribution in [-0.4, -0.2) is 15.3 Å². The monoisotopic (exact) mass is 288 g/mol. The molecule has 4 heteroatoms. The fourth-order valence-corrected chi connectivity index (χ4v) is 3.22. The lowest BCUT2D eigenvalue weighted by atomic mass is 10.1. The van der Waals surface area contributed by atoms with E-state index in [0.717, 1.165) is 16.7 Å². The molecule has 3 nitrogen and oxygen atoms in total. The Bertz CT molecular complexity index is 650. The molecule has 1 N–H and O–H groups in total. The van der Waals surface area contributed by atoms with E-state index in [-0.39, 0.29) is 5.56 Å². The van der Waals surface area contributed by atoms with E-state index in [9.17, 15) is 9.00 Å². The molecule has 0 amide bonds. The molecule has 0 spiro atoms. The third-order valence-electron chi connectivity index (χ3n) is 2.91. The van der Waals surface area contributed by atoms with Crippen LogP contribution in [-0.2, 0) is 22.3 Å². The average Bonchev–Trinajstić information content (AvgIpc) is 2.38. The molecule has 0 saturated carbocycles. The summed E-state index contributed by atoms with van der Waals surface area (Å²) >= 11 is 0. The van der Waals surface area contributed by atoms with Crippen molar-refractivity contribution in [2.24, 2.45) is 0 Å². The first-order valence-electron chi connectivity index (χ1n) is 6.27. The van der Waals surface area contributed by atoms with E-state index in [1.807, 2.05) is 31.2 Å². The lowest BCUT2D eigenvalue weighted by Crippen LogP contribution is -2.02. The number of hydrogen-bond acceptors (Lipinski definition) is 2. The maximum Gasteiger partial charge on any atom is 0.335 e. The summed E-state index contributed by atoms with van der Waals surface area (Å²) in [5.41, 5.74) is 3.20. The molecule has 2 aromatic rings. The van der Waals surface area contributed by atoms with Crippen LogP contribution in [0.25, 0.3) is 0 Å². The Morgan fingerprint density at radius 2 is 1.65 bits per heavy atom. The van der Waals surface area contributed by atoms with Crippen molar-refractivity contribution in [3.8, 4) is 0 Å². The minimum absolute atomic E-state index is 0.232. The minimum Gasteiger partial charge on any atom is -0.478 e. The fraction of sp³-hybridized carbons (Fsp3) is 0.188. The zero-order valence-electron chi connectivity index (χ0n) is 11.2. The third kappa shape index (κ3) is 4.03. The van der Waals surface area contributed by atoms with Gasteiger partial charge in [0.15, 0.2) is 0 Å². The summed E-state index contributed by atoms with van der Waals surface area (Å²) in [6.45, 7) is 2.00. The van der Waals surface area contributed by atoms with Gasteiger partial charge >= 0.3 is 5.97 Å². The molecule has 2 aromatic carbocycles. The summed E-state index contributed by atoms with van der Waals surface area (Å²) in [6.07, 6.45) is 0. The number of aryl methyl sites for hydroxylation is 1. The molecule has 1 unspecified atom stereocenters. The van der Waals surface area contributed by atoms with E-state index in [1.165, 1.54) is 6.07 Å². The molecule has 0 heterocycles. The van der Waals surface area contributed by atoms with Crippen LogP contribution in [0, 0.1) is 6.92 Å². The van der Waals surface area contributed by atoms with Crippen molar-refractivity contribution in [3.63, 3.8) is 0 Å². The summed E-state index contributed by atoms with van der Waals surface area (Å²) in [4.78, 5) is 10.9. The van der Waals surface area contributed by atoms with Crippen LogP contribution >= 0.6 is 0 Å². The highest BCUT2D eigenvalue weighted by Crippen LogP contribution is 2.12. The number of hydrogen-bond donors (Lipinski definition) is 1. The second kappa shape index (κ2) is 6.48. The molecule has 0 aliphatic carbocycles. The molecular formula is C16H16O3S. The highest BCUT2D eigenvalue weighted by Gasteiger charge is 2.07. The standard InChI is InChI=1S/C16H16O3S/c1-12-4-2-5-13(8-12)10-20(19)11-14-6-3-7-15(9-14)16(17)18/h2-9H,10-11H2,1H3,(H,17,18). The van der Waals surface area contributed by atoms with E-state index in [1.54, 1.807) is 18.2 Å². The predicted molar refractivity (Wildman–Crippen MR) is 80.1 cm³/mol. The van der Waals surface area contributed by atoms with E-state index < -0.39 is 16.8 Å². The Hall–Kier alpha value is -1.94. The number of carbonyl (C=O) groups is 1. The molecule has 0 bridgehead atoms. The largest absolute Gasteiger partial charge is 0.478 e. The number of carboxylic acid groups (broad SMARTS) is 1. The van der Waals surface area contributed by atoms with Crippen LogP contribution in [0.2, 0.25) is 0 Å². The summed E-state index contributed by atoms with van der Waals surface area (Å²) < 4.78 is 12.1.